The first-order chi connectivity index (χ1) is 11.1. The van der Waals surface area contributed by atoms with Crippen LogP contribution in [0.25, 0.3) is 0 Å². The highest BCUT2D eigenvalue weighted by Crippen LogP contribution is 2.19. The van der Waals surface area contributed by atoms with E-state index in [0.29, 0.717) is 26.2 Å². The van der Waals surface area contributed by atoms with Gasteiger partial charge in [-0.25, -0.2) is 12.8 Å². The second-order valence-corrected chi connectivity index (χ2v) is 8.09. The molecule has 2 aliphatic rings. The van der Waals surface area contributed by atoms with Gasteiger partial charge in [-0.2, -0.15) is 4.31 Å². The summed E-state index contributed by atoms with van der Waals surface area (Å²) in [6.07, 6.45) is 3.72. The van der Waals surface area contributed by atoms with Crippen molar-refractivity contribution < 1.29 is 17.5 Å². The molecule has 0 unspecified atom stereocenters. The van der Waals surface area contributed by atoms with Crippen LogP contribution in [0.3, 0.4) is 0 Å². The molecule has 0 radical (unpaired) electrons. The molecular weight excluding hydrogens is 319 g/mol. The lowest BCUT2D eigenvalue weighted by molar-refractivity contribution is -0.0103. The fraction of sp³-hybridized carbons (Fsp3) is 0.625. The van der Waals surface area contributed by atoms with Crippen LogP contribution in [0.4, 0.5) is 4.39 Å². The molecule has 0 bridgehead atoms. The van der Waals surface area contributed by atoms with E-state index in [4.69, 9.17) is 4.74 Å². The smallest absolute Gasteiger partial charge is 0.243 e. The molecule has 2 saturated heterocycles. The lowest BCUT2D eigenvalue weighted by atomic mass is 10.1. The number of rotatable bonds is 4. The van der Waals surface area contributed by atoms with Gasteiger partial charge in [0.15, 0.2) is 0 Å². The van der Waals surface area contributed by atoms with Crippen molar-refractivity contribution in [3.05, 3.63) is 30.1 Å². The van der Waals surface area contributed by atoms with Crippen molar-refractivity contribution >= 4 is 10.0 Å². The zero-order valence-corrected chi connectivity index (χ0v) is 14.0. The van der Waals surface area contributed by atoms with Crippen LogP contribution in [-0.2, 0) is 14.8 Å². The minimum atomic E-state index is -3.53. The van der Waals surface area contributed by atoms with Gasteiger partial charge >= 0.3 is 0 Å². The molecule has 0 saturated carbocycles. The Morgan fingerprint density at radius 1 is 1.09 bits per heavy atom. The maximum atomic E-state index is 13.0. The average molecular weight is 342 g/mol. The predicted molar refractivity (Wildman–Crippen MR) is 85.2 cm³/mol. The van der Waals surface area contributed by atoms with Crippen molar-refractivity contribution in [2.75, 3.05) is 39.3 Å². The Balaban J connectivity index is 1.56. The quantitative estimate of drug-likeness (QED) is 0.836. The number of benzene rings is 1. The highest BCUT2D eigenvalue weighted by molar-refractivity contribution is 7.89. The van der Waals surface area contributed by atoms with Gasteiger partial charge in [0, 0.05) is 39.3 Å². The first-order valence-electron chi connectivity index (χ1n) is 8.15. The molecule has 128 valence electrons. The summed E-state index contributed by atoms with van der Waals surface area (Å²) in [5, 5.41) is 0. The van der Waals surface area contributed by atoms with Crippen LogP contribution < -0.4 is 0 Å². The summed E-state index contributed by atoms with van der Waals surface area (Å²) in [7, 11) is -3.53. The maximum absolute atomic E-state index is 13.0. The first kappa shape index (κ1) is 16.8. The second-order valence-electron chi connectivity index (χ2n) is 6.15. The van der Waals surface area contributed by atoms with Gasteiger partial charge in [-0.15, -0.1) is 0 Å². The van der Waals surface area contributed by atoms with Crippen molar-refractivity contribution in [3.8, 4) is 0 Å². The number of nitrogens with zero attached hydrogens (tertiary/aromatic N) is 2. The monoisotopic (exact) mass is 342 g/mol. The third kappa shape index (κ3) is 4.09. The minimum absolute atomic E-state index is 0.156. The second kappa shape index (κ2) is 7.25. The molecule has 0 spiro atoms. The van der Waals surface area contributed by atoms with E-state index >= 15 is 0 Å². The summed E-state index contributed by atoms with van der Waals surface area (Å²) in [5.74, 6) is -0.429. The molecule has 1 atom stereocenters. The Labute approximate surface area is 137 Å². The number of hydrogen-bond donors (Lipinski definition) is 0. The van der Waals surface area contributed by atoms with Crippen molar-refractivity contribution in [1.29, 1.82) is 0 Å². The molecule has 0 aliphatic carbocycles. The summed E-state index contributed by atoms with van der Waals surface area (Å²) < 4.78 is 45.3. The van der Waals surface area contributed by atoms with Gasteiger partial charge in [0.2, 0.25) is 10.0 Å². The van der Waals surface area contributed by atoms with E-state index in [1.165, 1.54) is 35.0 Å². The van der Waals surface area contributed by atoms with E-state index in [2.05, 4.69) is 4.90 Å². The highest BCUT2D eigenvalue weighted by atomic mass is 32.2. The van der Waals surface area contributed by atoms with Gasteiger partial charge < -0.3 is 4.74 Å². The Morgan fingerprint density at radius 3 is 2.39 bits per heavy atom. The van der Waals surface area contributed by atoms with Crippen molar-refractivity contribution in [2.45, 2.75) is 30.3 Å². The van der Waals surface area contributed by atoms with Gasteiger partial charge in [-0.05, 0) is 43.5 Å². The molecule has 0 amide bonds. The molecule has 1 aromatic rings. The summed E-state index contributed by atoms with van der Waals surface area (Å²) in [4.78, 5) is 2.43. The third-order valence-corrected chi connectivity index (χ3v) is 6.43. The van der Waals surface area contributed by atoms with E-state index in [0.717, 1.165) is 26.0 Å². The largest absolute Gasteiger partial charge is 0.377 e. The molecule has 5 nitrogen and oxygen atoms in total. The fourth-order valence-corrected chi connectivity index (χ4v) is 4.57. The Hall–Kier alpha value is -1.02. The first-order valence-corrected chi connectivity index (χ1v) is 9.59. The number of hydrogen-bond acceptors (Lipinski definition) is 4. The van der Waals surface area contributed by atoms with E-state index in [-0.39, 0.29) is 11.0 Å². The molecule has 0 aromatic heterocycles. The van der Waals surface area contributed by atoms with Gasteiger partial charge in [0.25, 0.3) is 0 Å². The van der Waals surface area contributed by atoms with Crippen LogP contribution in [0.2, 0.25) is 0 Å². The highest BCUT2D eigenvalue weighted by Gasteiger charge is 2.29. The number of sulfonamides is 1. The molecule has 2 aliphatic heterocycles. The SMILES string of the molecule is O=S(=O)(c1ccc(F)cc1)N1CCN(C[C@@H]2CCCCO2)CC1. The van der Waals surface area contributed by atoms with Crippen LogP contribution in [0.1, 0.15) is 19.3 Å². The topological polar surface area (TPSA) is 49.9 Å². The number of ether oxygens (including phenoxy) is 1. The van der Waals surface area contributed by atoms with Crippen LogP contribution in [0.5, 0.6) is 0 Å². The van der Waals surface area contributed by atoms with Crippen LogP contribution in [0.15, 0.2) is 29.2 Å². The van der Waals surface area contributed by atoms with E-state index < -0.39 is 15.8 Å². The Bertz CT molecular complexity index is 607. The summed E-state index contributed by atoms with van der Waals surface area (Å²) in [6.45, 7) is 4.06. The zero-order valence-electron chi connectivity index (χ0n) is 13.2. The average Bonchev–Trinajstić information content (AvgIpc) is 2.57. The van der Waals surface area contributed by atoms with E-state index in [1.807, 2.05) is 0 Å². The predicted octanol–water partition coefficient (Wildman–Crippen LogP) is 1.70. The minimum Gasteiger partial charge on any atom is -0.377 e. The Morgan fingerprint density at radius 2 is 1.78 bits per heavy atom. The fourth-order valence-electron chi connectivity index (χ4n) is 3.15. The zero-order chi connectivity index (χ0) is 16.3. The van der Waals surface area contributed by atoms with Crippen LogP contribution in [-0.4, -0.2) is 63.1 Å². The van der Waals surface area contributed by atoms with E-state index in [1.54, 1.807) is 0 Å². The summed E-state index contributed by atoms with van der Waals surface area (Å²) in [5.41, 5.74) is 0. The van der Waals surface area contributed by atoms with Gasteiger partial charge in [-0.3, -0.25) is 4.90 Å². The van der Waals surface area contributed by atoms with Crippen molar-refractivity contribution in [2.24, 2.45) is 0 Å². The van der Waals surface area contributed by atoms with Gasteiger partial charge in [-0.1, -0.05) is 0 Å². The number of halogens is 1. The molecule has 1 aromatic carbocycles. The van der Waals surface area contributed by atoms with Crippen molar-refractivity contribution in [1.82, 2.24) is 9.21 Å². The van der Waals surface area contributed by atoms with Crippen LogP contribution in [0, 0.1) is 5.82 Å². The molecule has 2 heterocycles. The Kier molecular flexibility index (Phi) is 5.31. The lowest BCUT2D eigenvalue weighted by Gasteiger charge is -2.36. The third-order valence-electron chi connectivity index (χ3n) is 4.52. The van der Waals surface area contributed by atoms with Gasteiger partial charge in [0.05, 0.1) is 11.0 Å². The van der Waals surface area contributed by atoms with E-state index in [9.17, 15) is 12.8 Å². The molecule has 3 rings (SSSR count). The standard InChI is InChI=1S/C16H23FN2O3S/c17-14-4-6-16(7-5-14)23(20,21)19-10-8-18(9-11-19)13-15-3-1-2-12-22-15/h4-7,15H,1-3,8-13H2/t15-/m0/s1. The summed E-state index contributed by atoms with van der Waals surface area (Å²) in [6, 6.07) is 5.02. The molecular formula is C16H23FN2O3S. The lowest BCUT2D eigenvalue weighted by Crippen LogP contribution is -2.50. The molecule has 0 N–H and O–H groups in total. The number of piperazine rings is 1. The van der Waals surface area contributed by atoms with Crippen molar-refractivity contribution in [3.63, 3.8) is 0 Å². The molecule has 2 fully saturated rings. The maximum Gasteiger partial charge on any atom is 0.243 e. The normalized spacial score (nSPS) is 24.7. The summed E-state index contributed by atoms with van der Waals surface area (Å²) >= 11 is 0. The van der Waals surface area contributed by atoms with Crippen LogP contribution >= 0.6 is 0 Å². The molecule has 7 heteroatoms. The molecule has 23 heavy (non-hydrogen) atoms. The van der Waals surface area contributed by atoms with Gasteiger partial charge in [0.1, 0.15) is 5.82 Å².